The molecule has 0 heterocycles. The van der Waals surface area contributed by atoms with E-state index in [4.69, 9.17) is 26.7 Å². The number of rotatable bonds is 8. The summed E-state index contributed by atoms with van der Waals surface area (Å²) in [5.74, 6) is 2.06. The molecule has 5 heteroatoms. The molecule has 0 radical (unpaired) electrons. The monoisotopic (exact) mass is 275 g/mol. The van der Waals surface area contributed by atoms with Crippen LogP contribution in [-0.4, -0.2) is 24.2 Å². The molecule has 1 aromatic carbocycles. The van der Waals surface area contributed by atoms with Crippen LogP contribution in [0.15, 0.2) is 25.0 Å². The summed E-state index contributed by atoms with van der Waals surface area (Å²) in [5, 5.41) is 9.10. The average Bonchev–Trinajstić information content (AvgIpc) is 2.43. The first kappa shape index (κ1) is 15.6. The van der Waals surface area contributed by atoms with E-state index in [2.05, 4.69) is 12.5 Å². The van der Waals surface area contributed by atoms with Crippen molar-refractivity contribution in [3.05, 3.63) is 36.1 Å². The van der Waals surface area contributed by atoms with Gasteiger partial charge in [-0.25, -0.2) is 4.79 Å². The molecule has 0 aliphatic carbocycles. The van der Waals surface area contributed by atoms with Crippen LogP contribution in [0.1, 0.15) is 22.3 Å². The van der Waals surface area contributed by atoms with Crippen molar-refractivity contribution in [2.45, 2.75) is 12.8 Å². The molecule has 1 aromatic rings. The summed E-state index contributed by atoms with van der Waals surface area (Å²) in [4.78, 5) is 11.1. The third-order valence-electron chi connectivity index (χ3n) is 2.57. The topological polar surface area (TPSA) is 81.8 Å². The van der Waals surface area contributed by atoms with Crippen LogP contribution in [0, 0.1) is 12.3 Å². The van der Waals surface area contributed by atoms with E-state index in [-0.39, 0.29) is 12.2 Å². The summed E-state index contributed by atoms with van der Waals surface area (Å²) in [6.45, 7) is 4.03. The van der Waals surface area contributed by atoms with Crippen molar-refractivity contribution >= 4 is 5.97 Å². The highest BCUT2D eigenvalue weighted by Crippen LogP contribution is 2.32. The van der Waals surface area contributed by atoms with E-state index in [1.54, 1.807) is 0 Å². The molecule has 0 amide bonds. The van der Waals surface area contributed by atoms with E-state index in [9.17, 15) is 4.79 Å². The van der Waals surface area contributed by atoms with E-state index in [1.807, 2.05) is 0 Å². The Morgan fingerprint density at radius 2 is 2.20 bits per heavy atom. The van der Waals surface area contributed by atoms with Gasteiger partial charge in [0.15, 0.2) is 0 Å². The van der Waals surface area contributed by atoms with Gasteiger partial charge in [0.2, 0.25) is 0 Å². The summed E-state index contributed by atoms with van der Waals surface area (Å²) in [6.07, 6.45) is 7.71. The summed E-state index contributed by atoms with van der Waals surface area (Å²) in [6, 6.07) is 2.86. The Hall–Kier alpha value is -2.45. The van der Waals surface area contributed by atoms with Gasteiger partial charge in [0, 0.05) is 5.56 Å². The molecule has 0 aliphatic rings. The van der Waals surface area contributed by atoms with Gasteiger partial charge < -0.3 is 20.3 Å². The number of terminal acetylenes is 1. The standard InChI is InChI=1S/C15H17NO4/c1-3-8-20-14-10-11(15(17)18)9-13(19-4-2)12(14)6-5-7-16/h1,4,9-10H,2,5-8,16H2,(H,17,18). The number of hydrogen-bond acceptors (Lipinski definition) is 4. The summed E-state index contributed by atoms with van der Waals surface area (Å²) < 4.78 is 10.7. The molecular weight excluding hydrogens is 258 g/mol. The van der Waals surface area contributed by atoms with Crippen LogP contribution in [-0.2, 0) is 6.42 Å². The lowest BCUT2D eigenvalue weighted by molar-refractivity contribution is 0.0696. The Kier molecular flexibility index (Phi) is 6.14. The third-order valence-corrected chi connectivity index (χ3v) is 2.57. The first-order valence-electron chi connectivity index (χ1n) is 6.08. The zero-order chi connectivity index (χ0) is 15.0. The van der Waals surface area contributed by atoms with Crippen molar-refractivity contribution in [1.29, 1.82) is 0 Å². The van der Waals surface area contributed by atoms with Crippen molar-refractivity contribution in [1.82, 2.24) is 0 Å². The Labute approximate surface area is 118 Å². The molecule has 0 aromatic heterocycles. The van der Waals surface area contributed by atoms with Crippen LogP contribution < -0.4 is 15.2 Å². The molecule has 20 heavy (non-hydrogen) atoms. The number of aromatic carboxylic acids is 1. The Morgan fingerprint density at radius 3 is 2.75 bits per heavy atom. The molecule has 106 valence electrons. The van der Waals surface area contributed by atoms with E-state index in [1.165, 1.54) is 18.4 Å². The van der Waals surface area contributed by atoms with Crippen LogP contribution in [0.5, 0.6) is 11.5 Å². The molecule has 1 rings (SSSR count). The third kappa shape index (κ3) is 4.04. The SMILES string of the molecule is C#CCOc1cc(C(=O)O)cc(OC=C)c1CCCN. The fraction of sp³-hybridized carbons (Fsp3) is 0.267. The van der Waals surface area contributed by atoms with Gasteiger partial charge in [0.1, 0.15) is 18.1 Å². The molecule has 5 nitrogen and oxygen atoms in total. The number of ether oxygens (including phenoxy) is 2. The van der Waals surface area contributed by atoms with Crippen molar-refractivity contribution in [3.63, 3.8) is 0 Å². The van der Waals surface area contributed by atoms with Crippen molar-refractivity contribution in [2.24, 2.45) is 5.73 Å². The number of benzene rings is 1. The van der Waals surface area contributed by atoms with Crippen LogP contribution in [0.25, 0.3) is 0 Å². The first-order chi connectivity index (χ1) is 9.63. The maximum Gasteiger partial charge on any atom is 0.335 e. The lowest BCUT2D eigenvalue weighted by atomic mass is 10.0. The van der Waals surface area contributed by atoms with Gasteiger partial charge >= 0.3 is 5.97 Å². The minimum absolute atomic E-state index is 0.0478. The number of carboxylic acids is 1. The van der Waals surface area contributed by atoms with Crippen molar-refractivity contribution in [3.8, 4) is 23.8 Å². The highest BCUT2D eigenvalue weighted by atomic mass is 16.5. The maximum atomic E-state index is 11.1. The van der Waals surface area contributed by atoms with Gasteiger partial charge in [-0.3, -0.25) is 0 Å². The smallest absolute Gasteiger partial charge is 0.335 e. The molecule has 0 fully saturated rings. The molecule has 0 atom stereocenters. The summed E-state index contributed by atoms with van der Waals surface area (Å²) in [7, 11) is 0. The lowest BCUT2D eigenvalue weighted by Gasteiger charge is -2.15. The van der Waals surface area contributed by atoms with Gasteiger partial charge in [-0.15, -0.1) is 6.42 Å². The van der Waals surface area contributed by atoms with E-state index in [0.29, 0.717) is 30.9 Å². The van der Waals surface area contributed by atoms with E-state index < -0.39 is 5.97 Å². The highest BCUT2D eigenvalue weighted by molar-refractivity contribution is 5.89. The van der Waals surface area contributed by atoms with Crippen LogP contribution in [0.2, 0.25) is 0 Å². The second kappa shape index (κ2) is 7.87. The average molecular weight is 275 g/mol. The Balaban J connectivity index is 3.28. The second-order valence-corrected chi connectivity index (χ2v) is 3.93. The summed E-state index contributed by atoms with van der Waals surface area (Å²) >= 11 is 0. The molecule has 3 N–H and O–H groups in total. The van der Waals surface area contributed by atoms with Gasteiger partial charge in [0.05, 0.1) is 11.8 Å². The minimum atomic E-state index is -1.07. The molecule has 0 aliphatic heterocycles. The molecular formula is C15H17NO4. The summed E-state index contributed by atoms with van der Waals surface area (Å²) in [5.41, 5.74) is 6.29. The van der Waals surface area contributed by atoms with Crippen LogP contribution in [0.3, 0.4) is 0 Å². The molecule has 0 spiro atoms. The minimum Gasteiger partial charge on any atom is -0.481 e. The van der Waals surface area contributed by atoms with Crippen molar-refractivity contribution < 1.29 is 19.4 Å². The largest absolute Gasteiger partial charge is 0.481 e. The Morgan fingerprint density at radius 1 is 1.50 bits per heavy atom. The molecule has 0 saturated carbocycles. The number of carbonyl (C=O) groups is 1. The maximum absolute atomic E-state index is 11.1. The number of carboxylic acid groups (broad SMARTS) is 1. The van der Waals surface area contributed by atoms with Gasteiger partial charge in [0.25, 0.3) is 0 Å². The number of hydrogen-bond donors (Lipinski definition) is 2. The van der Waals surface area contributed by atoms with Crippen LogP contribution in [0.4, 0.5) is 0 Å². The predicted octanol–water partition coefficient (Wildman–Crippen LogP) is 1.81. The van der Waals surface area contributed by atoms with E-state index in [0.717, 1.165) is 5.56 Å². The predicted molar refractivity (Wildman–Crippen MR) is 75.9 cm³/mol. The first-order valence-corrected chi connectivity index (χ1v) is 6.08. The second-order valence-electron chi connectivity index (χ2n) is 3.93. The molecule has 0 unspecified atom stereocenters. The van der Waals surface area contributed by atoms with Gasteiger partial charge in [-0.1, -0.05) is 12.5 Å². The fourth-order valence-corrected chi connectivity index (χ4v) is 1.71. The zero-order valence-corrected chi connectivity index (χ0v) is 11.1. The highest BCUT2D eigenvalue weighted by Gasteiger charge is 2.16. The van der Waals surface area contributed by atoms with Gasteiger partial charge in [-0.2, -0.15) is 0 Å². The van der Waals surface area contributed by atoms with Crippen LogP contribution >= 0.6 is 0 Å². The molecule has 0 bridgehead atoms. The molecule has 0 saturated heterocycles. The number of nitrogens with two attached hydrogens (primary N) is 1. The van der Waals surface area contributed by atoms with Crippen molar-refractivity contribution in [2.75, 3.05) is 13.2 Å². The zero-order valence-electron chi connectivity index (χ0n) is 11.1. The normalized spacial score (nSPS) is 9.60. The lowest BCUT2D eigenvalue weighted by Crippen LogP contribution is -2.07. The Bertz CT molecular complexity index is 531. The quantitative estimate of drug-likeness (QED) is 0.558. The van der Waals surface area contributed by atoms with E-state index >= 15 is 0 Å². The van der Waals surface area contributed by atoms with Gasteiger partial charge in [-0.05, 0) is 31.5 Å². The fourth-order valence-electron chi connectivity index (χ4n) is 1.71.